The lowest BCUT2D eigenvalue weighted by atomic mass is 9.96. The Morgan fingerprint density at radius 2 is 2.05 bits per heavy atom. The first-order valence-corrected chi connectivity index (χ1v) is 7.42. The summed E-state index contributed by atoms with van der Waals surface area (Å²) >= 11 is 0. The molecule has 2 N–H and O–H groups in total. The summed E-state index contributed by atoms with van der Waals surface area (Å²) < 4.78 is 13.4. The smallest absolute Gasteiger partial charge is 0.123 e. The number of likely N-dealkylation sites (tertiary alicyclic amines) is 1. The van der Waals surface area contributed by atoms with Gasteiger partial charge in [-0.05, 0) is 69.6 Å². The van der Waals surface area contributed by atoms with E-state index in [1.54, 1.807) is 6.07 Å². The highest BCUT2D eigenvalue weighted by Crippen LogP contribution is 2.27. The minimum absolute atomic E-state index is 0.152. The Hall–Kier alpha value is -1.13. The van der Waals surface area contributed by atoms with E-state index in [0.717, 1.165) is 17.8 Å². The van der Waals surface area contributed by atoms with E-state index in [2.05, 4.69) is 23.9 Å². The molecule has 0 unspecified atom stereocenters. The van der Waals surface area contributed by atoms with Gasteiger partial charge in [0.05, 0.1) is 0 Å². The number of anilines is 1. The normalized spacial score (nSPS) is 19.1. The minimum atomic E-state index is -0.214. The van der Waals surface area contributed by atoms with Crippen molar-refractivity contribution in [3.63, 3.8) is 0 Å². The van der Waals surface area contributed by atoms with Crippen LogP contribution in [-0.4, -0.2) is 38.6 Å². The van der Waals surface area contributed by atoms with Crippen molar-refractivity contribution in [3.05, 3.63) is 29.6 Å². The molecule has 1 aliphatic heterocycles. The number of piperidine rings is 1. The van der Waals surface area contributed by atoms with E-state index in [-0.39, 0.29) is 11.9 Å². The monoisotopic (exact) mass is 279 g/mol. The Morgan fingerprint density at radius 1 is 1.40 bits per heavy atom. The van der Waals surface area contributed by atoms with Gasteiger partial charge in [0.25, 0.3) is 0 Å². The van der Waals surface area contributed by atoms with E-state index in [1.807, 2.05) is 13.0 Å². The van der Waals surface area contributed by atoms with Crippen LogP contribution in [0.4, 0.5) is 10.1 Å². The van der Waals surface area contributed by atoms with Crippen molar-refractivity contribution in [1.82, 2.24) is 4.90 Å². The molecule has 0 spiro atoms. The maximum absolute atomic E-state index is 13.4. The van der Waals surface area contributed by atoms with Crippen molar-refractivity contribution >= 4 is 5.69 Å². The maximum Gasteiger partial charge on any atom is 0.123 e. The van der Waals surface area contributed by atoms with Crippen LogP contribution < -0.4 is 10.6 Å². The highest BCUT2D eigenvalue weighted by Gasteiger charge is 2.20. The van der Waals surface area contributed by atoms with Gasteiger partial charge in [0.15, 0.2) is 0 Å². The van der Waals surface area contributed by atoms with Gasteiger partial charge in [-0.1, -0.05) is 0 Å². The molecule has 1 saturated heterocycles. The van der Waals surface area contributed by atoms with Gasteiger partial charge in [0.1, 0.15) is 5.82 Å². The third-order valence-electron chi connectivity index (χ3n) is 4.26. The van der Waals surface area contributed by atoms with Crippen molar-refractivity contribution in [2.24, 2.45) is 11.7 Å². The second kappa shape index (κ2) is 6.55. The van der Waals surface area contributed by atoms with Crippen LogP contribution >= 0.6 is 0 Å². The fraction of sp³-hybridized carbons (Fsp3) is 0.625. The van der Waals surface area contributed by atoms with Crippen molar-refractivity contribution in [1.29, 1.82) is 0 Å². The lowest BCUT2D eigenvalue weighted by Crippen LogP contribution is -2.36. The largest absolute Gasteiger partial charge is 0.374 e. The Kier molecular flexibility index (Phi) is 5.00. The number of benzene rings is 1. The average Bonchev–Trinajstić information content (AvgIpc) is 2.41. The fourth-order valence-electron chi connectivity index (χ4n) is 2.97. The number of rotatable bonds is 4. The number of nitrogens with two attached hydrogens (primary N) is 1. The van der Waals surface area contributed by atoms with Crippen LogP contribution in [0.1, 0.15) is 31.4 Å². The first-order valence-electron chi connectivity index (χ1n) is 7.42. The summed E-state index contributed by atoms with van der Waals surface area (Å²) in [5.41, 5.74) is 7.92. The molecule has 0 amide bonds. The molecule has 1 atom stereocenters. The van der Waals surface area contributed by atoms with Gasteiger partial charge in [0.2, 0.25) is 0 Å². The molecule has 0 aromatic heterocycles. The van der Waals surface area contributed by atoms with E-state index >= 15 is 0 Å². The molecule has 20 heavy (non-hydrogen) atoms. The Bertz CT molecular complexity index is 439. The third kappa shape index (κ3) is 3.70. The molecule has 1 fully saturated rings. The first kappa shape index (κ1) is 15.3. The van der Waals surface area contributed by atoms with Crippen LogP contribution in [0.15, 0.2) is 18.2 Å². The Labute approximate surface area is 121 Å². The van der Waals surface area contributed by atoms with Crippen LogP contribution in [0.2, 0.25) is 0 Å². The molecule has 3 nitrogen and oxygen atoms in total. The van der Waals surface area contributed by atoms with Crippen LogP contribution in [0.5, 0.6) is 0 Å². The van der Waals surface area contributed by atoms with Gasteiger partial charge in [-0.25, -0.2) is 4.39 Å². The minimum Gasteiger partial charge on any atom is -0.374 e. The van der Waals surface area contributed by atoms with E-state index < -0.39 is 0 Å². The van der Waals surface area contributed by atoms with Crippen molar-refractivity contribution in [3.8, 4) is 0 Å². The highest BCUT2D eigenvalue weighted by molar-refractivity contribution is 5.54. The van der Waals surface area contributed by atoms with E-state index in [4.69, 9.17) is 5.73 Å². The summed E-state index contributed by atoms with van der Waals surface area (Å²) in [6.07, 6.45) is 2.46. The summed E-state index contributed by atoms with van der Waals surface area (Å²) in [6, 6.07) is 4.78. The van der Waals surface area contributed by atoms with E-state index in [9.17, 15) is 4.39 Å². The molecular weight excluding hydrogens is 253 g/mol. The lowest BCUT2D eigenvalue weighted by Gasteiger charge is -2.33. The molecule has 2 rings (SSSR count). The molecule has 0 saturated carbocycles. The topological polar surface area (TPSA) is 32.5 Å². The van der Waals surface area contributed by atoms with Crippen molar-refractivity contribution in [2.45, 2.75) is 25.8 Å². The van der Waals surface area contributed by atoms with Crippen LogP contribution in [0.25, 0.3) is 0 Å². The fourth-order valence-corrected chi connectivity index (χ4v) is 2.97. The predicted octanol–water partition coefficient (Wildman–Crippen LogP) is 2.62. The standard InChI is InChI=1S/C16H26FN3/c1-12(18)15-10-14(17)4-5-16(15)20(3)11-13-6-8-19(2)9-7-13/h4-5,10,12-13H,6-9,11,18H2,1-3H3/t12-/m0/s1. The third-order valence-corrected chi connectivity index (χ3v) is 4.26. The summed E-state index contributed by atoms with van der Waals surface area (Å²) in [5, 5.41) is 0. The summed E-state index contributed by atoms with van der Waals surface area (Å²) in [5.74, 6) is 0.496. The lowest BCUT2D eigenvalue weighted by molar-refractivity contribution is 0.222. The number of hydrogen-bond acceptors (Lipinski definition) is 3. The van der Waals surface area contributed by atoms with Gasteiger partial charge in [-0.15, -0.1) is 0 Å². The molecule has 1 aromatic carbocycles. The van der Waals surface area contributed by atoms with E-state index in [0.29, 0.717) is 5.92 Å². The molecule has 1 aromatic rings. The molecule has 0 radical (unpaired) electrons. The highest BCUT2D eigenvalue weighted by atomic mass is 19.1. The van der Waals surface area contributed by atoms with Crippen LogP contribution in [-0.2, 0) is 0 Å². The van der Waals surface area contributed by atoms with Gasteiger partial charge >= 0.3 is 0 Å². The van der Waals surface area contributed by atoms with E-state index in [1.165, 1.54) is 32.0 Å². The number of halogens is 1. The van der Waals surface area contributed by atoms with Crippen LogP contribution in [0, 0.1) is 11.7 Å². The van der Waals surface area contributed by atoms with Gasteiger partial charge in [0, 0.05) is 25.3 Å². The number of hydrogen-bond donors (Lipinski definition) is 1. The molecule has 0 bridgehead atoms. The summed E-state index contributed by atoms with van der Waals surface area (Å²) in [7, 11) is 4.26. The zero-order chi connectivity index (χ0) is 14.7. The van der Waals surface area contributed by atoms with Gasteiger partial charge in [-0.3, -0.25) is 0 Å². The van der Waals surface area contributed by atoms with Gasteiger partial charge in [-0.2, -0.15) is 0 Å². The maximum atomic E-state index is 13.4. The molecule has 1 aliphatic rings. The summed E-state index contributed by atoms with van der Waals surface area (Å²) in [4.78, 5) is 4.61. The Morgan fingerprint density at radius 3 is 2.65 bits per heavy atom. The number of nitrogens with zero attached hydrogens (tertiary/aromatic N) is 2. The molecule has 112 valence electrons. The zero-order valence-electron chi connectivity index (χ0n) is 12.8. The van der Waals surface area contributed by atoms with Crippen molar-refractivity contribution in [2.75, 3.05) is 38.6 Å². The quantitative estimate of drug-likeness (QED) is 0.919. The van der Waals surface area contributed by atoms with Crippen molar-refractivity contribution < 1.29 is 4.39 Å². The Balaban J connectivity index is 2.07. The average molecular weight is 279 g/mol. The molecule has 1 heterocycles. The van der Waals surface area contributed by atoms with Gasteiger partial charge < -0.3 is 15.5 Å². The second-order valence-electron chi connectivity index (χ2n) is 6.12. The first-order chi connectivity index (χ1) is 9.47. The van der Waals surface area contributed by atoms with Crippen LogP contribution in [0.3, 0.4) is 0 Å². The SMILES string of the molecule is C[C@H](N)c1cc(F)ccc1N(C)CC1CCN(C)CC1. The summed E-state index contributed by atoms with van der Waals surface area (Å²) in [6.45, 7) is 5.25. The predicted molar refractivity (Wildman–Crippen MR) is 82.5 cm³/mol. The molecule has 4 heteroatoms. The molecular formula is C16H26FN3. The molecule has 0 aliphatic carbocycles. The second-order valence-corrected chi connectivity index (χ2v) is 6.12. The zero-order valence-corrected chi connectivity index (χ0v) is 12.8.